The molecule has 0 amide bonds. The van der Waals surface area contributed by atoms with Crippen LogP contribution in [0.25, 0.3) is 0 Å². The topological polar surface area (TPSA) is 36.2 Å². The maximum Gasteiger partial charge on any atom is 0.0218 e. The standard InChI is InChI=1S/C3H8N2S/c1-3-6(4)5-2/h4H,2-3H2,1H3. The van der Waals surface area contributed by atoms with Crippen molar-refractivity contribution in [3.63, 3.8) is 0 Å². The SMILES string of the molecule is C=NS(=N)CC. The first-order valence-corrected chi connectivity index (χ1v) is 3.05. The summed E-state index contributed by atoms with van der Waals surface area (Å²) in [5.74, 6) is 0.795. The molecule has 0 bridgehead atoms. The zero-order valence-electron chi connectivity index (χ0n) is 3.77. The molecule has 0 heterocycles. The molecule has 0 aromatic carbocycles. The van der Waals surface area contributed by atoms with E-state index in [4.69, 9.17) is 4.78 Å². The predicted octanol–water partition coefficient (Wildman–Crippen LogP) is 1.00. The molecule has 1 unspecified atom stereocenters. The van der Waals surface area contributed by atoms with Gasteiger partial charge in [-0.3, -0.25) is 4.78 Å². The molecule has 6 heavy (non-hydrogen) atoms. The van der Waals surface area contributed by atoms with Crippen molar-refractivity contribution in [2.75, 3.05) is 5.75 Å². The summed E-state index contributed by atoms with van der Waals surface area (Å²) in [5.41, 5.74) is 0. The molecule has 36 valence electrons. The van der Waals surface area contributed by atoms with E-state index < -0.39 is 10.9 Å². The molecule has 3 heteroatoms. The van der Waals surface area contributed by atoms with E-state index in [9.17, 15) is 0 Å². The fraction of sp³-hybridized carbons (Fsp3) is 0.667. The molecule has 0 saturated carbocycles. The van der Waals surface area contributed by atoms with Crippen molar-refractivity contribution in [2.24, 2.45) is 4.40 Å². The Morgan fingerprint density at radius 2 is 2.50 bits per heavy atom. The van der Waals surface area contributed by atoms with Gasteiger partial charge in [0.15, 0.2) is 0 Å². The second-order valence-corrected chi connectivity index (χ2v) is 2.35. The van der Waals surface area contributed by atoms with Crippen molar-refractivity contribution >= 4 is 17.6 Å². The summed E-state index contributed by atoms with van der Waals surface area (Å²) in [4.78, 5) is 0. The van der Waals surface area contributed by atoms with Crippen molar-refractivity contribution in [2.45, 2.75) is 6.92 Å². The molecule has 0 radical (unpaired) electrons. The van der Waals surface area contributed by atoms with E-state index in [0.29, 0.717) is 0 Å². The molecule has 0 aliphatic heterocycles. The maximum absolute atomic E-state index is 6.87. The lowest BCUT2D eigenvalue weighted by Crippen LogP contribution is -1.80. The van der Waals surface area contributed by atoms with Crippen LogP contribution < -0.4 is 0 Å². The van der Waals surface area contributed by atoms with E-state index in [1.54, 1.807) is 0 Å². The fourth-order valence-corrected chi connectivity index (χ4v) is 0.274. The third kappa shape index (κ3) is 2.08. The van der Waals surface area contributed by atoms with Crippen LogP contribution in [0.15, 0.2) is 4.40 Å². The van der Waals surface area contributed by atoms with E-state index in [1.165, 1.54) is 0 Å². The van der Waals surface area contributed by atoms with Gasteiger partial charge in [0.1, 0.15) is 0 Å². The average Bonchev–Trinajstić information content (AvgIpc) is 1.65. The van der Waals surface area contributed by atoms with Crippen LogP contribution in [-0.4, -0.2) is 12.5 Å². The monoisotopic (exact) mass is 104 g/mol. The molecule has 2 nitrogen and oxygen atoms in total. The largest absolute Gasteiger partial charge is 0.259 e. The van der Waals surface area contributed by atoms with E-state index in [0.717, 1.165) is 5.75 Å². The number of hydrogen-bond donors (Lipinski definition) is 1. The van der Waals surface area contributed by atoms with Crippen molar-refractivity contribution in [3.05, 3.63) is 0 Å². The van der Waals surface area contributed by atoms with E-state index >= 15 is 0 Å². The Bertz CT molecular complexity index is 69.2. The quantitative estimate of drug-likeness (QED) is 0.507. The van der Waals surface area contributed by atoms with Gasteiger partial charge >= 0.3 is 0 Å². The zero-order valence-corrected chi connectivity index (χ0v) is 4.59. The summed E-state index contributed by atoms with van der Waals surface area (Å²) >= 11 is 0. The maximum atomic E-state index is 6.87. The van der Waals surface area contributed by atoms with Crippen LogP contribution in [0, 0.1) is 4.78 Å². The molecule has 0 saturated heterocycles. The van der Waals surface area contributed by atoms with Crippen LogP contribution in [0.1, 0.15) is 6.92 Å². The highest BCUT2D eigenvalue weighted by Crippen LogP contribution is 1.77. The number of hydrogen-bond acceptors (Lipinski definition) is 1. The highest BCUT2D eigenvalue weighted by Gasteiger charge is 1.73. The lowest BCUT2D eigenvalue weighted by Gasteiger charge is -1.83. The van der Waals surface area contributed by atoms with E-state index in [2.05, 4.69) is 11.1 Å². The van der Waals surface area contributed by atoms with Gasteiger partial charge in [-0.25, -0.2) is 4.40 Å². The van der Waals surface area contributed by atoms with Gasteiger partial charge in [0, 0.05) is 16.6 Å². The summed E-state index contributed by atoms with van der Waals surface area (Å²) in [6.07, 6.45) is 0. The summed E-state index contributed by atoms with van der Waals surface area (Å²) in [6, 6.07) is 0. The third-order valence-electron chi connectivity index (χ3n) is 0.429. The van der Waals surface area contributed by atoms with E-state index in [1.807, 2.05) is 6.92 Å². The van der Waals surface area contributed by atoms with Crippen molar-refractivity contribution in [3.8, 4) is 0 Å². The normalized spacial score (nSPS) is 13.5. The molecular weight excluding hydrogens is 96.1 g/mol. The molecule has 0 fully saturated rings. The summed E-state index contributed by atoms with van der Waals surface area (Å²) < 4.78 is 10.3. The third-order valence-corrected chi connectivity index (χ3v) is 1.29. The van der Waals surface area contributed by atoms with Gasteiger partial charge in [-0.15, -0.1) is 0 Å². The van der Waals surface area contributed by atoms with Crippen LogP contribution >= 0.6 is 0 Å². The highest BCUT2D eigenvalue weighted by molar-refractivity contribution is 7.84. The van der Waals surface area contributed by atoms with Gasteiger partial charge in [-0.05, 0) is 6.72 Å². The first-order valence-electron chi connectivity index (χ1n) is 1.70. The van der Waals surface area contributed by atoms with Crippen LogP contribution in [0.2, 0.25) is 0 Å². The fourth-order valence-electron chi connectivity index (χ4n) is 0.0913. The van der Waals surface area contributed by atoms with Gasteiger partial charge in [0.25, 0.3) is 0 Å². The number of nitrogens with zero attached hydrogens (tertiary/aromatic N) is 1. The molecule has 0 spiro atoms. The predicted molar refractivity (Wildman–Crippen MR) is 30.2 cm³/mol. The van der Waals surface area contributed by atoms with Crippen LogP contribution in [-0.2, 0) is 10.9 Å². The molecule has 0 rings (SSSR count). The lowest BCUT2D eigenvalue weighted by atomic mass is 11.0. The summed E-state index contributed by atoms with van der Waals surface area (Å²) in [6.45, 7) is 5.13. The Morgan fingerprint density at radius 1 is 2.00 bits per heavy atom. The first-order chi connectivity index (χ1) is 2.81. The average molecular weight is 104 g/mol. The molecule has 1 atom stereocenters. The van der Waals surface area contributed by atoms with Gasteiger partial charge in [-0.1, -0.05) is 6.92 Å². The zero-order chi connectivity index (χ0) is 4.99. The second kappa shape index (κ2) is 3.03. The Balaban J connectivity index is 3.23. The minimum absolute atomic E-state index is 0.520. The Hall–Kier alpha value is -0.180. The highest BCUT2D eigenvalue weighted by atomic mass is 32.2. The summed E-state index contributed by atoms with van der Waals surface area (Å²) in [5, 5.41) is 0. The minimum atomic E-state index is -0.520. The molecular formula is C3H8N2S. The van der Waals surface area contributed by atoms with Crippen LogP contribution in [0.5, 0.6) is 0 Å². The van der Waals surface area contributed by atoms with Crippen molar-refractivity contribution < 1.29 is 0 Å². The van der Waals surface area contributed by atoms with Gasteiger partial charge < -0.3 is 0 Å². The molecule has 0 aliphatic rings. The van der Waals surface area contributed by atoms with E-state index in [-0.39, 0.29) is 0 Å². The molecule has 0 aliphatic carbocycles. The van der Waals surface area contributed by atoms with Crippen molar-refractivity contribution in [1.29, 1.82) is 4.78 Å². The molecule has 0 aromatic heterocycles. The van der Waals surface area contributed by atoms with Crippen LogP contribution in [0.3, 0.4) is 0 Å². The van der Waals surface area contributed by atoms with Gasteiger partial charge in [0.05, 0.1) is 0 Å². The Morgan fingerprint density at radius 3 is 2.50 bits per heavy atom. The number of nitrogens with one attached hydrogen (secondary N) is 1. The van der Waals surface area contributed by atoms with Crippen LogP contribution in [0.4, 0.5) is 0 Å². The smallest absolute Gasteiger partial charge is 0.0218 e. The second-order valence-electron chi connectivity index (χ2n) is 0.782. The molecule has 1 N–H and O–H groups in total. The lowest BCUT2D eigenvalue weighted by molar-refractivity contribution is 1.46. The first kappa shape index (κ1) is 5.82. The van der Waals surface area contributed by atoms with Gasteiger partial charge in [-0.2, -0.15) is 0 Å². The Kier molecular flexibility index (Phi) is 2.94. The summed E-state index contributed by atoms with van der Waals surface area (Å²) in [7, 11) is -0.520. The van der Waals surface area contributed by atoms with Crippen molar-refractivity contribution in [1.82, 2.24) is 0 Å². The number of rotatable bonds is 2. The van der Waals surface area contributed by atoms with Gasteiger partial charge in [0.2, 0.25) is 0 Å². The Labute approximate surface area is 40.3 Å². The minimum Gasteiger partial charge on any atom is -0.259 e. The molecule has 0 aromatic rings.